The van der Waals surface area contributed by atoms with E-state index >= 15 is 0 Å². The minimum Gasteiger partial charge on any atom is -0.456 e. The van der Waals surface area contributed by atoms with E-state index in [1.165, 1.54) is 31.2 Å². The van der Waals surface area contributed by atoms with Crippen molar-refractivity contribution in [3.8, 4) is 0 Å². The number of allylic oxidation sites excluding steroid dienone is 1. The fraction of sp³-hybridized carbons (Fsp3) is 0.538. The zero-order valence-electron chi connectivity index (χ0n) is 20.3. The second-order valence-corrected chi connectivity index (χ2v) is 8.45. The first-order chi connectivity index (χ1) is 16.0. The molecule has 0 aromatic heterocycles. The highest BCUT2D eigenvalue weighted by Gasteiger charge is 2.64. The van der Waals surface area contributed by atoms with Crippen molar-refractivity contribution in [2.45, 2.75) is 76.9 Å². The van der Waals surface area contributed by atoms with Gasteiger partial charge in [-0.3, -0.25) is 0 Å². The van der Waals surface area contributed by atoms with E-state index in [4.69, 9.17) is 14.2 Å². The Balaban J connectivity index is 2.18. The maximum Gasteiger partial charge on any atom is 0.432 e. The van der Waals surface area contributed by atoms with Crippen LogP contribution in [0, 0.1) is 5.92 Å². The van der Waals surface area contributed by atoms with Gasteiger partial charge in [0.1, 0.15) is 11.7 Å². The SMILES string of the molecule is CCC1=C[C@@](CC)(C[C@H](/C=C/[C@@H](C)OC(=O)[C@](OC)(c2ccccc2)C(F)(F)F)CC)OC1=O. The van der Waals surface area contributed by atoms with Crippen molar-refractivity contribution in [1.29, 1.82) is 0 Å². The smallest absolute Gasteiger partial charge is 0.432 e. The molecule has 0 bridgehead atoms. The molecule has 188 valence electrons. The van der Waals surface area contributed by atoms with E-state index in [1.54, 1.807) is 18.2 Å². The molecule has 8 heteroatoms. The third-order valence-corrected chi connectivity index (χ3v) is 6.23. The lowest BCUT2D eigenvalue weighted by molar-refractivity contribution is -0.277. The molecule has 0 fully saturated rings. The minimum atomic E-state index is -5.03. The fourth-order valence-electron chi connectivity index (χ4n) is 4.11. The molecule has 1 aromatic carbocycles. The van der Waals surface area contributed by atoms with Crippen molar-refractivity contribution in [1.82, 2.24) is 0 Å². The van der Waals surface area contributed by atoms with Gasteiger partial charge in [0.05, 0.1) is 0 Å². The summed E-state index contributed by atoms with van der Waals surface area (Å²) in [7, 11) is 0.834. The standard InChI is InChI=1S/C26H33F3O5/c1-6-19(16-24(8-3)17-20(7-2)22(30)34-24)15-14-18(4)33-23(31)25(32-5,26(27,28)29)21-12-10-9-11-13-21/h9-15,17-19H,6-8,16H2,1-5H3/b15-14+/t18-,19+,24-,25-/m1/s1. The molecule has 34 heavy (non-hydrogen) atoms. The summed E-state index contributed by atoms with van der Waals surface area (Å²) in [4.78, 5) is 24.9. The van der Waals surface area contributed by atoms with Crippen LogP contribution in [0.1, 0.15) is 58.9 Å². The zero-order chi connectivity index (χ0) is 25.6. The number of ether oxygens (including phenoxy) is 3. The van der Waals surface area contributed by atoms with Gasteiger partial charge in [0.25, 0.3) is 5.60 Å². The lowest BCUT2D eigenvalue weighted by Gasteiger charge is -2.33. The average molecular weight is 483 g/mol. The third-order valence-electron chi connectivity index (χ3n) is 6.23. The van der Waals surface area contributed by atoms with Crippen LogP contribution in [-0.4, -0.2) is 36.9 Å². The first kappa shape index (κ1) is 27.6. The number of benzene rings is 1. The number of carbonyl (C=O) groups is 2. The van der Waals surface area contributed by atoms with Crippen molar-refractivity contribution >= 4 is 11.9 Å². The molecular formula is C26H33F3O5. The Bertz CT molecular complexity index is 909. The molecule has 1 aliphatic heterocycles. The average Bonchev–Trinajstić information content (AvgIpc) is 3.12. The van der Waals surface area contributed by atoms with Crippen LogP contribution in [0.4, 0.5) is 13.2 Å². The third kappa shape index (κ3) is 5.71. The maximum absolute atomic E-state index is 14.0. The van der Waals surface area contributed by atoms with E-state index in [9.17, 15) is 22.8 Å². The van der Waals surface area contributed by atoms with E-state index in [0.717, 1.165) is 7.11 Å². The second kappa shape index (κ2) is 11.2. The highest BCUT2D eigenvalue weighted by atomic mass is 19.4. The molecular weight excluding hydrogens is 449 g/mol. The summed E-state index contributed by atoms with van der Waals surface area (Å²) < 4.78 is 57.7. The highest BCUT2D eigenvalue weighted by Crippen LogP contribution is 2.43. The van der Waals surface area contributed by atoms with Crippen LogP contribution in [0.5, 0.6) is 0 Å². The molecule has 1 aliphatic rings. The van der Waals surface area contributed by atoms with E-state index in [2.05, 4.69) is 0 Å². The lowest BCUT2D eigenvalue weighted by atomic mass is 9.86. The van der Waals surface area contributed by atoms with Crippen LogP contribution < -0.4 is 0 Å². The van der Waals surface area contributed by atoms with Gasteiger partial charge in [0, 0.05) is 18.2 Å². The molecule has 0 unspecified atom stereocenters. The molecule has 0 radical (unpaired) electrons. The Hall–Kier alpha value is -2.61. The van der Waals surface area contributed by atoms with Crippen molar-refractivity contribution in [2.75, 3.05) is 7.11 Å². The fourth-order valence-corrected chi connectivity index (χ4v) is 4.11. The second-order valence-electron chi connectivity index (χ2n) is 8.45. The monoisotopic (exact) mass is 482 g/mol. The number of rotatable bonds is 11. The van der Waals surface area contributed by atoms with Gasteiger partial charge in [-0.25, -0.2) is 9.59 Å². The number of hydrogen-bond acceptors (Lipinski definition) is 5. The Morgan fingerprint density at radius 2 is 1.79 bits per heavy atom. The summed E-state index contributed by atoms with van der Waals surface area (Å²) >= 11 is 0. The molecule has 1 heterocycles. The summed E-state index contributed by atoms with van der Waals surface area (Å²) in [5.74, 6) is -1.89. The first-order valence-corrected chi connectivity index (χ1v) is 11.5. The Labute approximate surface area is 199 Å². The zero-order valence-corrected chi connectivity index (χ0v) is 20.3. The maximum atomic E-state index is 14.0. The molecule has 0 saturated carbocycles. The molecule has 0 spiro atoms. The van der Waals surface area contributed by atoms with Gasteiger partial charge < -0.3 is 14.2 Å². The van der Waals surface area contributed by atoms with Crippen LogP contribution in [0.2, 0.25) is 0 Å². The Kier molecular flexibility index (Phi) is 9.11. The van der Waals surface area contributed by atoms with E-state index in [1.807, 2.05) is 26.8 Å². The summed E-state index contributed by atoms with van der Waals surface area (Å²) in [6, 6.07) is 6.70. The van der Waals surface area contributed by atoms with Crippen LogP contribution in [-0.2, 0) is 29.4 Å². The summed E-state index contributed by atoms with van der Waals surface area (Å²) in [5.41, 5.74) is -3.65. The van der Waals surface area contributed by atoms with Crippen LogP contribution in [0.15, 0.2) is 54.1 Å². The van der Waals surface area contributed by atoms with E-state index in [-0.39, 0.29) is 17.5 Å². The number of esters is 2. The highest BCUT2D eigenvalue weighted by molar-refractivity contribution is 5.91. The molecule has 1 aromatic rings. The summed E-state index contributed by atoms with van der Waals surface area (Å²) in [5, 5.41) is 0. The number of methoxy groups -OCH3 is 1. The number of halogens is 3. The van der Waals surface area contributed by atoms with Crippen LogP contribution in [0.25, 0.3) is 0 Å². The van der Waals surface area contributed by atoms with Gasteiger partial charge in [-0.1, -0.05) is 57.2 Å². The predicted octanol–water partition coefficient (Wildman–Crippen LogP) is 6.04. The molecule has 2 rings (SSSR count). The molecule has 0 saturated heterocycles. The van der Waals surface area contributed by atoms with Gasteiger partial charge in [-0.15, -0.1) is 0 Å². The molecule has 5 nitrogen and oxygen atoms in total. The van der Waals surface area contributed by atoms with Crippen molar-refractivity contribution in [3.05, 3.63) is 59.7 Å². The van der Waals surface area contributed by atoms with E-state index < -0.39 is 29.5 Å². The van der Waals surface area contributed by atoms with Gasteiger partial charge in [0.15, 0.2) is 0 Å². The van der Waals surface area contributed by atoms with Gasteiger partial charge in [0.2, 0.25) is 0 Å². The number of cyclic esters (lactones) is 1. The van der Waals surface area contributed by atoms with Crippen molar-refractivity contribution < 1.29 is 37.0 Å². The van der Waals surface area contributed by atoms with Crippen LogP contribution >= 0.6 is 0 Å². The topological polar surface area (TPSA) is 61.8 Å². The summed E-state index contributed by atoms with van der Waals surface area (Å²) in [6.07, 6.45) is 1.70. The van der Waals surface area contributed by atoms with Gasteiger partial charge in [-0.05, 0) is 50.7 Å². The number of alkyl halides is 3. The number of hydrogen-bond donors (Lipinski definition) is 0. The molecule has 4 atom stereocenters. The molecule has 0 aliphatic carbocycles. The van der Waals surface area contributed by atoms with Crippen molar-refractivity contribution in [2.24, 2.45) is 5.92 Å². The minimum absolute atomic E-state index is 0.0368. The number of carbonyl (C=O) groups excluding carboxylic acids is 2. The normalized spacial score (nSPS) is 22.1. The van der Waals surface area contributed by atoms with Crippen LogP contribution in [0.3, 0.4) is 0 Å². The van der Waals surface area contributed by atoms with E-state index in [0.29, 0.717) is 31.3 Å². The van der Waals surface area contributed by atoms with Gasteiger partial charge >= 0.3 is 18.1 Å². The Morgan fingerprint density at radius 3 is 2.26 bits per heavy atom. The molecule has 0 amide bonds. The predicted molar refractivity (Wildman–Crippen MR) is 122 cm³/mol. The lowest BCUT2D eigenvalue weighted by Crippen LogP contribution is -2.52. The van der Waals surface area contributed by atoms with Gasteiger partial charge in [-0.2, -0.15) is 13.2 Å². The summed E-state index contributed by atoms with van der Waals surface area (Å²) in [6.45, 7) is 7.28. The first-order valence-electron chi connectivity index (χ1n) is 11.5. The largest absolute Gasteiger partial charge is 0.456 e. The Morgan fingerprint density at radius 1 is 1.15 bits per heavy atom. The van der Waals surface area contributed by atoms with Crippen molar-refractivity contribution in [3.63, 3.8) is 0 Å². The molecule has 0 N–H and O–H groups in total. The quantitative estimate of drug-likeness (QED) is 0.284.